The van der Waals surface area contributed by atoms with Gasteiger partial charge >= 0.3 is 6.03 Å². The molecule has 0 saturated heterocycles. The molecule has 0 radical (unpaired) electrons. The molecule has 90 valence electrons. The number of urea groups is 1. The Balaban J connectivity index is 2.69. The molecule has 1 atom stereocenters. The highest BCUT2D eigenvalue weighted by Crippen LogP contribution is 2.20. The molecule has 3 heteroatoms. The molecule has 2 amide bonds. The first-order chi connectivity index (χ1) is 8.15. The van der Waals surface area contributed by atoms with E-state index in [1.807, 2.05) is 30.3 Å². The molecule has 17 heavy (non-hydrogen) atoms. The topological polar surface area (TPSA) is 41.1 Å². The van der Waals surface area contributed by atoms with E-state index in [4.69, 9.17) is 6.42 Å². The zero-order valence-electron chi connectivity index (χ0n) is 10.2. The van der Waals surface area contributed by atoms with Gasteiger partial charge in [-0.15, -0.1) is 6.42 Å². The summed E-state index contributed by atoms with van der Waals surface area (Å²) in [6.45, 7) is 4.38. The normalized spacial score (nSPS) is 11.6. The lowest BCUT2D eigenvalue weighted by Gasteiger charge is -2.22. The van der Waals surface area contributed by atoms with Gasteiger partial charge in [0.15, 0.2) is 0 Å². The number of benzene rings is 1. The van der Waals surface area contributed by atoms with Crippen LogP contribution in [0.4, 0.5) is 4.79 Å². The Bertz CT molecular complexity index is 392. The molecular formula is C14H18N2O. The maximum absolute atomic E-state index is 11.6. The second-order valence-electron chi connectivity index (χ2n) is 4.16. The number of carbonyl (C=O) groups is 1. The molecule has 0 aliphatic rings. The van der Waals surface area contributed by atoms with Crippen molar-refractivity contribution in [2.45, 2.75) is 19.9 Å². The van der Waals surface area contributed by atoms with Crippen LogP contribution in [-0.4, -0.2) is 12.6 Å². The molecule has 2 N–H and O–H groups in total. The van der Waals surface area contributed by atoms with Gasteiger partial charge in [0.25, 0.3) is 0 Å². The van der Waals surface area contributed by atoms with Crippen LogP contribution in [0, 0.1) is 18.3 Å². The average molecular weight is 230 g/mol. The lowest BCUT2D eigenvalue weighted by Crippen LogP contribution is -2.39. The third-order valence-corrected chi connectivity index (χ3v) is 2.46. The monoisotopic (exact) mass is 230 g/mol. The third-order valence-electron chi connectivity index (χ3n) is 2.46. The molecule has 0 aromatic heterocycles. The summed E-state index contributed by atoms with van der Waals surface area (Å²) >= 11 is 0. The summed E-state index contributed by atoms with van der Waals surface area (Å²) in [6, 6.07) is 9.66. The number of rotatable bonds is 4. The van der Waals surface area contributed by atoms with Crippen LogP contribution in [0.25, 0.3) is 0 Å². The standard InChI is InChI=1S/C14H18N2O/c1-4-10-15-14(17)16-13(11(2)3)12-8-6-5-7-9-12/h1,5-9,11,13H,10H2,2-3H3,(H2,15,16,17)/t13-/m0/s1. The average Bonchev–Trinajstić information content (AvgIpc) is 2.34. The first-order valence-corrected chi connectivity index (χ1v) is 5.68. The molecule has 1 aromatic rings. The highest BCUT2D eigenvalue weighted by Gasteiger charge is 2.17. The van der Waals surface area contributed by atoms with Gasteiger partial charge in [-0.25, -0.2) is 4.79 Å². The maximum Gasteiger partial charge on any atom is 0.316 e. The Morgan fingerprint density at radius 2 is 2.00 bits per heavy atom. The lowest BCUT2D eigenvalue weighted by molar-refractivity contribution is 0.234. The summed E-state index contributed by atoms with van der Waals surface area (Å²) in [4.78, 5) is 11.6. The number of amides is 2. The van der Waals surface area contributed by atoms with Gasteiger partial charge in [-0.2, -0.15) is 0 Å². The zero-order valence-corrected chi connectivity index (χ0v) is 10.2. The molecule has 0 heterocycles. The number of hydrogen-bond donors (Lipinski definition) is 2. The van der Waals surface area contributed by atoms with Gasteiger partial charge in [0, 0.05) is 0 Å². The minimum absolute atomic E-state index is 0.00558. The summed E-state index contributed by atoms with van der Waals surface area (Å²) in [5.41, 5.74) is 1.10. The van der Waals surface area contributed by atoms with Crippen LogP contribution >= 0.6 is 0 Å². The van der Waals surface area contributed by atoms with Crippen molar-refractivity contribution in [3.8, 4) is 12.3 Å². The van der Waals surface area contributed by atoms with E-state index in [0.717, 1.165) is 5.56 Å². The fourth-order valence-corrected chi connectivity index (χ4v) is 1.62. The predicted octanol–water partition coefficient (Wildman–Crippen LogP) is 2.32. The summed E-state index contributed by atoms with van der Waals surface area (Å²) in [5, 5.41) is 5.52. The van der Waals surface area contributed by atoms with Crippen LogP contribution in [-0.2, 0) is 0 Å². The van der Waals surface area contributed by atoms with Crippen LogP contribution in [0.2, 0.25) is 0 Å². The Kier molecular flexibility index (Phi) is 5.09. The molecule has 3 nitrogen and oxygen atoms in total. The number of hydrogen-bond acceptors (Lipinski definition) is 1. The van der Waals surface area contributed by atoms with Crippen molar-refractivity contribution < 1.29 is 4.79 Å². The Labute approximate surface area is 103 Å². The fraction of sp³-hybridized carbons (Fsp3) is 0.357. The summed E-state index contributed by atoms with van der Waals surface area (Å²) < 4.78 is 0. The van der Waals surface area contributed by atoms with E-state index in [-0.39, 0.29) is 18.6 Å². The van der Waals surface area contributed by atoms with Crippen molar-refractivity contribution in [3.63, 3.8) is 0 Å². The van der Waals surface area contributed by atoms with E-state index in [1.54, 1.807) is 0 Å². The van der Waals surface area contributed by atoms with Crippen LogP contribution in [0.1, 0.15) is 25.5 Å². The predicted molar refractivity (Wildman–Crippen MR) is 69.4 cm³/mol. The molecule has 0 unspecified atom stereocenters. The fourth-order valence-electron chi connectivity index (χ4n) is 1.62. The van der Waals surface area contributed by atoms with E-state index in [0.29, 0.717) is 5.92 Å². The van der Waals surface area contributed by atoms with E-state index in [9.17, 15) is 4.79 Å². The first kappa shape index (κ1) is 13.1. The molecule has 0 fully saturated rings. The van der Waals surface area contributed by atoms with Crippen molar-refractivity contribution >= 4 is 6.03 Å². The molecule has 0 bridgehead atoms. The van der Waals surface area contributed by atoms with E-state index in [2.05, 4.69) is 30.4 Å². The molecule has 1 rings (SSSR count). The number of carbonyl (C=O) groups excluding carboxylic acids is 1. The quantitative estimate of drug-likeness (QED) is 0.766. The Morgan fingerprint density at radius 1 is 1.35 bits per heavy atom. The van der Waals surface area contributed by atoms with Gasteiger partial charge in [-0.05, 0) is 11.5 Å². The molecular weight excluding hydrogens is 212 g/mol. The summed E-state index contributed by atoms with van der Waals surface area (Å²) in [6.07, 6.45) is 5.09. The second-order valence-corrected chi connectivity index (χ2v) is 4.16. The van der Waals surface area contributed by atoms with Gasteiger partial charge < -0.3 is 10.6 Å². The molecule has 0 spiro atoms. The van der Waals surface area contributed by atoms with Crippen LogP contribution in [0.15, 0.2) is 30.3 Å². The smallest absolute Gasteiger partial charge is 0.316 e. The van der Waals surface area contributed by atoms with Gasteiger partial charge in [-0.3, -0.25) is 0 Å². The first-order valence-electron chi connectivity index (χ1n) is 5.68. The van der Waals surface area contributed by atoms with Gasteiger partial charge in [0.1, 0.15) is 0 Å². The third kappa shape index (κ3) is 4.20. The van der Waals surface area contributed by atoms with E-state index >= 15 is 0 Å². The number of nitrogens with one attached hydrogen (secondary N) is 2. The van der Waals surface area contributed by atoms with Crippen LogP contribution in [0.3, 0.4) is 0 Å². The maximum atomic E-state index is 11.6. The minimum Gasteiger partial charge on any atom is -0.331 e. The van der Waals surface area contributed by atoms with E-state index in [1.165, 1.54) is 0 Å². The highest BCUT2D eigenvalue weighted by molar-refractivity contribution is 5.74. The van der Waals surface area contributed by atoms with Gasteiger partial charge in [0.05, 0.1) is 12.6 Å². The summed E-state index contributed by atoms with van der Waals surface area (Å²) in [5.74, 6) is 2.68. The van der Waals surface area contributed by atoms with Gasteiger partial charge in [-0.1, -0.05) is 50.1 Å². The molecule has 0 aliphatic carbocycles. The van der Waals surface area contributed by atoms with Crippen molar-refractivity contribution in [3.05, 3.63) is 35.9 Å². The zero-order chi connectivity index (χ0) is 12.7. The van der Waals surface area contributed by atoms with Crippen molar-refractivity contribution in [1.29, 1.82) is 0 Å². The van der Waals surface area contributed by atoms with Crippen molar-refractivity contribution in [2.24, 2.45) is 5.92 Å². The molecule has 1 aromatic carbocycles. The SMILES string of the molecule is C#CCNC(=O)N[C@H](c1ccccc1)C(C)C. The molecule has 0 saturated carbocycles. The minimum atomic E-state index is -0.231. The Morgan fingerprint density at radius 3 is 2.53 bits per heavy atom. The highest BCUT2D eigenvalue weighted by atomic mass is 16.2. The Hall–Kier alpha value is -1.95. The van der Waals surface area contributed by atoms with Crippen LogP contribution < -0.4 is 10.6 Å². The summed E-state index contributed by atoms with van der Waals surface area (Å²) in [7, 11) is 0. The van der Waals surface area contributed by atoms with E-state index < -0.39 is 0 Å². The second kappa shape index (κ2) is 6.59. The largest absolute Gasteiger partial charge is 0.331 e. The van der Waals surface area contributed by atoms with Crippen molar-refractivity contribution in [1.82, 2.24) is 10.6 Å². The van der Waals surface area contributed by atoms with Gasteiger partial charge in [0.2, 0.25) is 0 Å². The lowest BCUT2D eigenvalue weighted by atomic mass is 9.96. The molecule has 0 aliphatic heterocycles. The number of terminal acetylenes is 1. The van der Waals surface area contributed by atoms with Crippen LogP contribution in [0.5, 0.6) is 0 Å². The van der Waals surface area contributed by atoms with Crippen molar-refractivity contribution in [2.75, 3.05) is 6.54 Å².